The van der Waals surface area contributed by atoms with Gasteiger partial charge in [0.1, 0.15) is 13.2 Å². The van der Waals surface area contributed by atoms with Gasteiger partial charge in [-0.3, -0.25) is 0 Å². The highest BCUT2D eigenvalue weighted by Crippen LogP contribution is 2.18. The lowest BCUT2D eigenvalue weighted by atomic mass is 10.3. The van der Waals surface area contributed by atoms with Gasteiger partial charge in [0.05, 0.1) is 5.56 Å². The van der Waals surface area contributed by atoms with Crippen LogP contribution in [-0.4, -0.2) is 15.2 Å². The van der Waals surface area contributed by atoms with Crippen molar-refractivity contribution < 1.29 is 14.4 Å². The highest BCUT2D eigenvalue weighted by molar-refractivity contribution is 14.1. The third-order valence-electron chi connectivity index (χ3n) is 2.21. The fourth-order valence-corrected chi connectivity index (χ4v) is 1.83. The van der Waals surface area contributed by atoms with Crippen molar-refractivity contribution in [2.75, 3.05) is 0 Å². The molecule has 2 rings (SSSR count). The Bertz CT molecular complexity index is 496. The molecule has 0 aliphatic carbocycles. The molecule has 2 heterocycles. The van der Waals surface area contributed by atoms with Gasteiger partial charge < -0.3 is 14.4 Å². The van der Waals surface area contributed by atoms with E-state index in [0.717, 1.165) is 11.1 Å². The molecule has 90 valence electrons. The second-order valence-corrected chi connectivity index (χ2v) is 4.52. The van der Waals surface area contributed by atoms with Crippen molar-refractivity contribution in [3.63, 3.8) is 0 Å². The summed E-state index contributed by atoms with van der Waals surface area (Å²) >= 11 is 2.04. The van der Waals surface area contributed by atoms with Crippen molar-refractivity contribution in [1.29, 1.82) is 0 Å². The van der Waals surface area contributed by atoms with Crippen LogP contribution in [0.15, 0.2) is 22.9 Å². The van der Waals surface area contributed by atoms with Crippen molar-refractivity contribution in [2.45, 2.75) is 20.1 Å². The highest BCUT2D eigenvalue weighted by atomic mass is 127. The molecule has 0 unspecified atom stereocenters. The van der Waals surface area contributed by atoms with Gasteiger partial charge in [-0.25, -0.2) is 4.98 Å². The molecule has 0 saturated heterocycles. The zero-order valence-corrected chi connectivity index (χ0v) is 11.3. The first-order valence-electron chi connectivity index (χ1n) is 5.00. The van der Waals surface area contributed by atoms with Gasteiger partial charge in [0.25, 0.3) is 0 Å². The summed E-state index contributed by atoms with van der Waals surface area (Å²) in [5.74, 6) is 0.970. The predicted molar refractivity (Wildman–Crippen MR) is 68.4 cm³/mol. The Morgan fingerprint density at radius 2 is 2.29 bits per heavy atom. The molecule has 0 fully saturated rings. The van der Waals surface area contributed by atoms with Crippen LogP contribution in [0, 0.1) is 10.6 Å². The van der Waals surface area contributed by atoms with E-state index in [1.54, 1.807) is 12.3 Å². The van der Waals surface area contributed by atoms with Crippen LogP contribution in [0.25, 0.3) is 0 Å². The average Bonchev–Trinajstić information content (AvgIpc) is 2.69. The molecular formula is C11H11IN2O3. The molecule has 0 saturated carbocycles. The van der Waals surface area contributed by atoms with Crippen molar-refractivity contribution in [2.24, 2.45) is 0 Å². The van der Waals surface area contributed by atoms with Crippen LogP contribution in [0.4, 0.5) is 0 Å². The first-order valence-corrected chi connectivity index (χ1v) is 6.08. The number of halogens is 1. The van der Waals surface area contributed by atoms with E-state index in [0.29, 0.717) is 15.3 Å². The van der Waals surface area contributed by atoms with Crippen molar-refractivity contribution in [3.05, 3.63) is 38.9 Å². The second-order valence-electron chi connectivity index (χ2n) is 3.50. The summed E-state index contributed by atoms with van der Waals surface area (Å²) in [4.78, 5) is 4.12. The number of aryl methyl sites for hydroxylation is 1. The number of pyridine rings is 1. The minimum Gasteiger partial charge on any atom is -0.473 e. The summed E-state index contributed by atoms with van der Waals surface area (Å²) in [6.07, 6.45) is 1.74. The Labute approximate surface area is 112 Å². The van der Waals surface area contributed by atoms with Crippen LogP contribution in [0.2, 0.25) is 0 Å². The maximum Gasteiger partial charge on any atom is 0.213 e. The summed E-state index contributed by atoms with van der Waals surface area (Å²) < 4.78 is 11.1. The molecule has 6 heteroatoms. The third-order valence-corrected chi connectivity index (χ3v) is 3.06. The van der Waals surface area contributed by atoms with E-state index in [2.05, 4.69) is 10.1 Å². The smallest absolute Gasteiger partial charge is 0.213 e. The fourth-order valence-electron chi connectivity index (χ4n) is 1.27. The number of aromatic nitrogens is 2. The summed E-state index contributed by atoms with van der Waals surface area (Å²) in [7, 11) is 0. The van der Waals surface area contributed by atoms with Gasteiger partial charge in [-0.05, 0) is 35.1 Å². The van der Waals surface area contributed by atoms with Gasteiger partial charge >= 0.3 is 0 Å². The molecule has 0 aromatic carbocycles. The predicted octanol–water partition coefficient (Wildman–Crippen LogP) is 2.05. The molecule has 5 nitrogen and oxygen atoms in total. The van der Waals surface area contributed by atoms with E-state index in [4.69, 9.17) is 14.4 Å². The molecule has 1 N–H and O–H groups in total. The summed E-state index contributed by atoms with van der Waals surface area (Å²) in [6.45, 7) is 2.06. The van der Waals surface area contributed by atoms with Crippen LogP contribution in [0.1, 0.15) is 16.9 Å². The van der Waals surface area contributed by atoms with Crippen molar-refractivity contribution >= 4 is 22.6 Å². The van der Waals surface area contributed by atoms with Crippen molar-refractivity contribution in [1.82, 2.24) is 10.1 Å². The van der Waals surface area contributed by atoms with E-state index in [1.807, 2.05) is 35.6 Å². The minimum absolute atomic E-state index is 0.185. The first kappa shape index (κ1) is 12.3. The largest absolute Gasteiger partial charge is 0.473 e. The van der Waals surface area contributed by atoms with Crippen LogP contribution in [0.3, 0.4) is 0 Å². The number of ether oxygens (including phenoxy) is 1. The standard InChI is InChI=1S/C11H11IN2O3/c1-7-2-3-10(13-4-7)16-6-8-9(5-15)17-14-11(8)12/h2-4,15H,5-6H2,1H3. The van der Waals surface area contributed by atoms with Crippen LogP contribution < -0.4 is 4.74 Å². The van der Waals surface area contributed by atoms with E-state index in [-0.39, 0.29) is 13.2 Å². The van der Waals surface area contributed by atoms with E-state index < -0.39 is 0 Å². The molecule has 0 aliphatic rings. The normalized spacial score (nSPS) is 10.5. The van der Waals surface area contributed by atoms with Crippen LogP contribution in [0.5, 0.6) is 5.88 Å². The zero-order valence-electron chi connectivity index (χ0n) is 9.18. The lowest BCUT2D eigenvalue weighted by Gasteiger charge is -2.04. The van der Waals surface area contributed by atoms with Gasteiger partial charge in [0.15, 0.2) is 9.46 Å². The Kier molecular flexibility index (Phi) is 3.95. The molecule has 0 aliphatic heterocycles. The number of aliphatic hydroxyl groups excluding tert-OH is 1. The van der Waals surface area contributed by atoms with Gasteiger partial charge in [-0.15, -0.1) is 0 Å². The fraction of sp³-hybridized carbons (Fsp3) is 0.273. The maximum absolute atomic E-state index is 9.06. The van der Waals surface area contributed by atoms with E-state index >= 15 is 0 Å². The van der Waals surface area contributed by atoms with Gasteiger partial charge in [0, 0.05) is 12.3 Å². The molecular weight excluding hydrogens is 335 g/mol. The molecule has 0 spiro atoms. The van der Waals surface area contributed by atoms with Gasteiger partial charge in [-0.1, -0.05) is 11.2 Å². The second kappa shape index (κ2) is 5.46. The Hall–Kier alpha value is -1.15. The molecule has 2 aromatic rings. The number of nitrogens with zero attached hydrogens (tertiary/aromatic N) is 2. The number of hydrogen-bond acceptors (Lipinski definition) is 5. The Morgan fingerprint density at radius 3 is 2.94 bits per heavy atom. The lowest BCUT2D eigenvalue weighted by molar-refractivity contribution is 0.220. The summed E-state index contributed by atoms with van der Waals surface area (Å²) in [6, 6.07) is 3.72. The molecule has 0 atom stereocenters. The molecule has 17 heavy (non-hydrogen) atoms. The highest BCUT2D eigenvalue weighted by Gasteiger charge is 2.13. The molecule has 0 bridgehead atoms. The van der Waals surface area contributed by atoms with Crippen molar-refractivity contribution in [3.8, 4) is 5.88 Å². The molecule has 0 radical (unpaired) electrons. The molecule has 0 amide bonds. The average molecular weight is 346 g/mol. The number of hydrogen-bond donors (Lipinski definition) is 1. The minimum atomic E-state index is -0.185. The Balaban J connectivity index is 2.06. The van der Waals surface area contributed by atoms with Crippen LogP contribution >= 0.6 is 22.6 Å². The van der Waals surface area contributed by atoms with Gasteiger partial charge in [-0.2, -0.15) is 0 Å². The SMILES string of the molecule is Cc1ccc(OCc2c(I)noc2CO)nc1. The lowest BCUT2D eigenvalue weighted by Crippen LogP contribution is -2.00. The molecule has 2 aromatic heterocycles. The quantitative estimate of drug-likeness (QED) is 0.859. The van der Waals surface area contributed by atoms with Crippen LogP contribution in [-0.2, 0) is 13.2 Å². The van der Waals surface area contributed by atoms with E-state index in [1.165, 1.54) is 0 Å². The zero-order chi connectivity index (χ0) is 12.3. The van der Waals surface area contributed by atoms with E-state index in [9.17, 15) is 0 Å². The Morgan fingerprint density at radius 1 is 1.47 bits per heavy atom. The monoisotopic (exact) mass is 346 g/mol. The number of rotatable bonds is 4. The number of aliphatic hydroxyl groups is 1. The summed E-state index contributed by atoms with van der Waals surface area (Å²) in [5.41, 5.74) is 1.84. The topological polar surface area (TPSA) is 68.4 Å². The van der Waals surface area contributed by atoms with Gasteiger partial charge in [0.2, 0.25) is 5.88 Å². The maximum atomic E-state index is 9.06. The first-order chi connectivity index (χ1) is 8.20. The summed E-state index contributed by atoms with van der Waals surface area (Å²) in [5, 5.41) is 12.8. The third kappa shape index (κ3) is 2.95.